The highest BCUT2D eigenvalue weighted by Gasteiger charge is 2.52. The molecule has 0 radical (unpaired) electrons. The minimum Gasteiger partial charge on any atom is -0.399 e. The van der Waals surface area contributed by atoms with Gasteiger partial charge in [-0.05, 0) is 97.1 Å². The lowest BCUT2D eigenvalue weighted by Gasteiger charge is -2.40. The highest BCUT2D eigenvalue weighted by molar-refractivity contribution is 5.45. The summed E-state index contributed by atoms with van der Waals surface area (Å²) in [6.07, 6.45) is -6.69. The molecule has 0 amide bonds. The number of nitrogens with two attached hydrogens (primary N) is 10. The molecule has 6 fully saturated rings. The van der Waals surface area contributed by atoms with Crippen molar-refractivity contribution in [2.45, 2.75) is 61.1 Å². The van der Waals surface area contributed by atoms with Crippen LogP contribution in [0.2, 0.25) is 0 Å². The predicted octanol–water partition coefficient (Wildman–Crippen LogP) is -0.720. The van der Waals surface area contributed by atoms with Gasteiger partial charge in [-0.3, -0.25) is 18.9 Å². The van der Waals surface area contributed by atoms with Crippen LogP contribution in [0.15, 0.2) is 97.1 Å². The van der Waals surface area contributed by atoms with Gasteiger partial charge in [-0.15, -0.1) is 0 Å². The molecule has 20 N–H and O–H groups in total. The molecule has 10 rings (SSSR count). The minimum atomic E-state index is -2.07. The number of hydrogen-bond acceptors (Lipinski definition) is 26. The fourth-order valence-corrected chi connectivity index (χ4v) is 6.64. The highest BCUT2D eigenvalue weighted by Crippen LogP contribution is 2.35. The Morgan fingerprint density at radius 2 is 0.556 bits per heavy atom. The van der Waals surface area contributed by atoms with Gasteiger partial charge in [0, 0.05) is 48.9 Å². The highest BCUT2D eigenvalue weighted by atomic mass is 17.1. The van der Waals surface area contributed by atoms with Crippen molar-refractivity contribution in [1.29, 1.82) is 0 Å². The van der Waals surface area contributed by atoms with Gasteiger partial charge in [0.2, 0.25) is 0 Å². The zero-order valence-corrected chi connectivity index (χ0v) is 39.5. The van der Waals surface area contributed by atoms with E-state index in [1.807, 2.05) is 0 Å². The normalized spacial score (nSPS) is 29.6. The van der Waals surface area contributed by atoms with Crippen molar-refractivity contribution in [3.63, 3.8) is 0 Å². The number of rotatable bonds is 12. The smallest absolute Gasteiger partial charge is 0.399 e. The molecule has 0 saturated carbocycles. The molecule has 26 nitrogen and oxygen atoms in total. The van der Waals surface area contributed by atoms with E-state index in [-0.39, 0.29) is 36.5 Å². The van der Waals surface area contributed by atoms with Crippen LogP contribution < -0.4 is 76.3 Å². The van der Waals surface area contributed by atoms with Crippen molar-refractivity contribution in [2.24, 2.45) is 34.4 Å². The van der Waals surface area contributed by atoms with Crippen LogP contribution in [0.25, 0.3) is 0 Å². The maximum atomic E-state index is 6.14. The molecule has 4 aromatic rings. The summed E-state index contributed by atoms with van der Waals surface area (Å²) in [5, 5.41) is 0. The van der Waals surface area contributed by atoms with Crippen LogP contribution in [0, 0.1) is 0 Å². The minimum absolute atomic E-state index is 0.117. The van der Waals surface area contributed by atoms with Crippen LogP contribution in [0.4, 0.5) is 22.7 Å². The molecule has 6 heterocycles. The molecule has 4 atom stereocenters. The summed E-state index contributed by atoms with van der Waals surface area (Å²) < 4.78 is 87.8. The van der Waals surface area contributed by atoms with Crippen LogP contribution in [0.1, 0.15) is 0 Å². The van der Waals surface area contributed by atoms with Crippen LogP contribution in [0.3, 0.4) is 0 Å². The van der Waals surface area contributed by atoms with E-state index < -0.39 is 24.6 Å². The lowest BCUT2D eigenvalue weighted by molar-refractivity contribution is -0.527. The number of nitrogen functional groups attached to an aromatic ring is 4. The second-order valence-electron chi connectivity index (χ2n) is 16.6. The van der Waals surface area contributed by atoms with Gasteiger partial charge in [0.1, 0.15) is 47.4 Å². The molecule has 3 spiro atoms. The summed E-state index contributed by atoms with van der Waals surface area (Å²) in [5.41, 5.74) is 58.4. The van der Waals surface area contributed by atoms with Gasteiger partial charge < -0.3 is 114 Å². The average Bonchev–Trinajstić information content (AvgIpc) is 4.22. The quantitative estimate of drug-likeness (QED) is 0.0618. The molecule has 396 valence electrons. The van der Waals surface area contributed by atoms with Gasteiger partial charge in [0.25, 0.3) is 0 Å². The molecule has 72 heavy (non-hydrogen) atoms. The first-order valence-corrected chi connectivity index (χ1v) is 23.0. The third-order valence-corrected chi connectivity index (χ3v) is 10.5. The monoisotopic (exact) mass is 1010 g/mol. The van der Waals surface area contributed by atoms with E-state index in [0.29, 0.717) is 125 Å². The Labute approximate surface area is 415 Å². The van der Waals surface area contributed by atoms with Gasteiger partial charge in [-0.25, -0.2) is 0 Å². The maximum Gasteiger partial charge on any atom is 0.611 e. The summed E-state index contributed by atoms with van der Waals surface area (Å²) in [6.45, 7) is 4.63. The molecular formula is C46H66N10O16. The third kappa shape index (κ3) is 15.3. The van der Waals surface area contributed by atoms with E-state index >= 15 is 0 Å². The van der Waals surface area contributed by atoms with Crippen molar-refractivity contribution in [3.8, 4) is 23.0 Å². The Balaban J connectivity index is 0.000000159. The third-order valence-electron chi connectivity index (χ3n) is 10.5. The van der Waals surface area contributed by atoms with Crippen molar-refractivity contribution in [3.05, 3.63) is 97.1 Å². The van der Waals surface area contributed by atoms with Crippen LogP contribution >= 0.6 is 0 Å². The summed E-state index contributed by atoms with van der Waals surface area (Å²) in [5.74, 6) is 1.58. The van der Waals surface area contributed by atoms with E-state index in [2.05, 4.69) is 0 Å². The predicted molar refractivity (Wildman–Crippen MR) is 256 cm³/mol. The molecule has 0 aromatic heterocycles. The SMILES string of the molecule is NC1COC2(OC1)OCC(N)CO2.NCC1COC2(OCC(CN)O2)O1.NCC1COC2(OCC(CN)O2)O1.Nc1ccc(OC(Oc2ccc(N)cc2)(Oc2ccc(N)cc2)Oc2ccc(N)cc2)cc1. The van der Waals surface area contributed by atoms with E-state index in [0.717, 1.165) is 0 Å². The first kappa shape index (κ1) is 54.3. The molecule has 0 bridgehead atoms. The molecule has 0 aliphatic carbocycles. The zero-order valence-electron chi connectivity index (χ0n) is 39.5. The zero-order chi connectivity index (χ0) is 51.2. The summed E-state index contributed by atoms with van der Waals surface area (Å²) in [6, 6.07) is 26.7. The van der Waals surface area contributed by atoms with Crippen molar-refractivity contribution < 1.29 is 75.8 Å². The Hall–Kier alpha value is -5.44. The molecule has 4 unspecified atom stereocenters. The molecule has 6 aliphatic heterocycles. The first-order chi connectivity index (χ1) is 34.6. The van der Waals surface area contributed by atoms with Gasteiger partial charge in [0.15, 0.2) is 0 Å². The molecule has 26 heteroatoms. The second kappa shape index (κ2) is 25.0. The topological polar surface area (TPSA) is 408 Å². The first-order valence-electron chi connectivity index (χ1n) is 23.0. The number of ether oxygens (including phenoxy) is 16. The van der Waals surface area contributed by atoms with Crippen LogP contribution in [-0.2, 0) is 56.8 Å². The lowest BCUT2D eigenvalue weighted by atomic mass is 10.3. The largest absolute Gasteiger partial charge is 0.611 e. The van der Waals surface area contributed by atoms with E-state index in [1.165, 1.54) is 0 Å². The van der Waals surface area contributed by atoms with E-state index in [4.69, 9.17) is 133 Å². The Morgan fingerprint density at radius 1 is 0.347 bits per heavy atom. The number of hydrogen-bond donors (Lipinski definition) is 10. The van der Waals surface area contributed by atoms with Crippen molar-refractivity contribution >= 4 is 22.7 Å². The van der Waals surface area contributed by atoms with Crippen LogP contribution in [0.5, 0.6) is 23.0 Å². The fourth-order valence-electron chi connectivity index (χ4n) is 6.64. The van der Waals surface area contributed by atoms with Crippen molar-refractivity contribution in [2.75, 3.05) is 102 Å². The maximum absolute atomic E-state index is 6.14. The number of benzene rings is 4. The van der Waals surface area contributed by atoms with Gasteiger partial charge in [0.05, 0.1) is 64.9 Å². The van der Waals surface area contributed by atoms with Crippen molar-refractivity contribution in [1.82, 2.24) is 0 Å². The standard InChI is InChI=1S/C25H24N4O4.3C7H14N2O4/c26-17-1-9-21(10-2-17)30-25(31-22-11-3-18(27)4-12-22,32-23-13-5-19(28)6-14-23)33-24-15-7-20(29)8-16-24;2*8-1-5-3-10-7(12-5)11-4-6(2-9)13-7;8-5-1-10-7(11-2-5)12-3-6(9)4-13-7/h1-16H,26-29H2;3*5-6H,1-4,8-9H2. The van der Waals surface area contributed by atoms with E-state index in [9.17, 15) is 0 Å². The lowest BCUT2D eigenvalue weighted by Crippen LogP contribution is -2.58. The molecule has 6 saturated heterocycles. The molecular weight excluding hydrogens is 949 g/mol. The second-order valence-corrected chi connectivity index (χ2v) is 16.6. The van der Waals surface area contributed by atoms with Gasteiger partial charge in [-0.1, -0.05) is 0 Å². The summed E-state index contributed by atoms with van der Waals surface area (Å²) >= 11 is 0. The molecule has 6 aliphatic rings. The number of anilines is 4. The van der Waals surface area contributed by atoms with Gasteiger partial charge >= 0.3 is 24.6 Å². The van der Waals surface area contributed by atoms with Gasteiger partial charge in [-0.2, -0.15) is 0 Å². The Kier molecular flexibility index (Phi) is 18.9. The average molecular weight is 1020 g/mol. The Bertz CT molecular complexity index is 1930. The fraction of sp³-hybridized carbons (Fsp3) is 0.478. The van der Waals surface area contributed by atoms with E-state index in [1.54, 1.807) is 97.1 Å². The summed E-state index contributed by atoms with van der Waals surface area (Å²) in [7, 11) is 0. The summed E-state index contributed by atoms with van der Waals surface area (Å²) in [4.78, 5) is 0. The van der Waals surface area contributed by atoms with Crippen LogP contribution in [-0.4, -0.2) is 140 Å². The molecule has 4 aromatic carbocycles. The Morgan fingerprint density at radius 3 is 0.750 bits per heavy atom.